The van der Waals surface area contributed by atoms with Gasteiger partial charge in [0.25, 0.3) is 0 Å². The van der Waals surface area contributed by atoms with Crippen LogP contribution < -0.4 is 10.1 Å². The second-order valence-electron chi connectivity index (χ2n) is 4.62. The molecule has 0 spiro atoms. The first-order chi connectivity index (χ1) is 8.96. The maximum atomic E-state index is 13.7. The number of nitrogens with one attached hydrogen (secondary N) is 1. The molecule has 0 aliphatic carbocycles. The fourth-order valence-electron chi connectivity index (χ4n) is 2.20. The van der Waals surface area contributed by atoms with Crippen molar-refractivity contribution < 1.29 is 22.3 Å². The molecule has 1 saturated heterocycles. The van der Waals surface area contributed by atoms with E-state index in [2.05, 4.69) is 10.1 Å². The Morgan fingerprint density at radius 1 is 1.20 bits per heavy atom. The van der Waals surface area contributed by atoms with Gasteiger partial charge < -0.3 is 10.1 Å². The molecular weight excluding hydrogens is 298 g/mol. The lowest BCUT2D eigenvalue weighted by Crippen LogP contribution is -2.26. The molecule has 0 bridgehead atoms. The van der Waals surface area contributed by atoms with Gasteiger partial charge in [-0.1, -0.05) is 6.07 Å². The van der Waals surface area contributed by atoms with Gasteiger partial charge in [-0.05, 0) is 49.5 Å². The van der Waals surface area contributed by atoms with Crippen molar-refractivity contribution in [1.82, 2.24) is 5.32 Å². The Balaban J connectivity index is 0.00000200. The number of ether oxygens (including phenoxy) is 1. The second kappa shape index (κ2) is 7.13. The van der Waals surface area contributed by atoms with Crippen LogP contribution in [0.5, 0.6) is 5.75 Å². The summed E-state index contributed by atoms with van der Waals surface area (Å²) >= 11 is 0. The Morgan fingerprint density at radius 3 is 2.40 bits per heavy atom. The van der Waals surface area contributed by atoms with Gasteiger partial charge in [0.05, 0.1) is 0 Å². The summed E-state index contributed by atoms with van der Waals surface area (Å²) in [6.45, 7) is 0.272. The maximum Gasteiger partial charge on any atom is 0.422 e. The highest BCUT2D eigenvalue weighted by molar-refractivity contribution is 5.85. The molecule has 2 nitrogen and oxygen atoms in total. The van der Waals surface area contributed by atoms with Gasteiger partial charge in [0.2, 0.25) is 0 Å². The molecule has 0 saturated carbocycles. The molecule has 0 radical (unpaired) electrons. The Morgan fingerprint density at radius 2 is 1.85 bits per heavy atom. The van der Waals surface area contributed by atoms with E-state index in [1.807, 2.05) is 0 Å². The second-order valence-corrected chi connectivity index (χ2v) is 4.62. The van der Waals surface area contributed by atoms with Gasteiger partial charge in [-0.2, -0.15) is 13.2 Å². The highest BCUT2D eigenvalue weighted by Crippen LogP contribution is 2.29. The van der Waals surface area contributed by atoms with Gasteiger partial charge in [0.15, 0.2) is 18.2 Å². The van der Waals surface area contributed by atoms with E-state index in [9.17, 15) is 17.6 Å². The van der Waals surface area contributed by atoms with Gasteiger partial charge in [-0.25, -0.2) is 4.39 Å². The van der Waals surface area contributed by atoms with Crippen molar-refractivity contribution in [1.29, 1.82) is 0 Å². The van der Waals surface area contributed by atoms with Crippen LogP contribution in [0.4, 0.5) is 17.6 Å². The fourth-order valence-corrected chi connectivity index (χ4v) is 2.20. The molecule has 0 aromatic heterocycles. The summed E-state index contributed by atoms with van der Waals surface area (Å²) in [6.07, 6.45) is -2.65. The van der Waals surface area contributed by atoms with Crippen LogP contribution in [0.15, 0.2) is 18.2 Å². The van der Waals surface area contributed by atoms with Gasteiger partial charge in [0.1, 0.15) is 0 Å². The summed E-state index contributed by atoms with van der Waals surface area (Å²) in [5.41, 5.74) is 0.818. The summed E-state index contributed by atoms with van der Waals surface area (Å²) in [5.74, 6) is -0.831. The smallest absolute Gasteiger partial charge is 0.422 e. The largest absolute Gasteiger partial charge is 0.481 e. The van der Waals surface area contributed by atoms with Crippen molar-refractivity contribution in [3.63, 3.8) is 0 Å². The van der Waals surface area contributed by atoms with Crippen molar-refractivity contribution in [2.75, 3.05) is 19.7 Å². The minimum Gasteiger partial charge on any atom is -0.481 e. The number of halogens is 5. The monoisotopic (exact) mass is 313 g/mol. The highest BCUT2D eigenvalue weighted by atomic mass is 35.5. The summed E-state index contributed by atoms with van der Waals surface area (Å²) in [7, 11) is 0. The van der Waals surface area contributed by atoms with Gasteiger partial charge in [0, 0.05) is 0 Å². The molecule has 2 rings (SSSR count). The zero-order valence-corrected chi connectivity index (χ0v) is 11.5. The van der Waals surface area contributed by atoms with E-state index >= 15 is 0 Å². The molecule has 1 heterocycles. The number of benzene rings is 1. The molecule has 1 aromatic carbocycles. The first-order valence-electron chi connectivity index (χ1n) is 6.15. The Labute approximate surface area is 120 Å². The third-order valence-electron chi connectivity index (χ3n) is 3.16. The van der Waals surface area contributed by atoms with Crippen LogP contribution in [0.25, 0.3) is 0 Å². The average Bonchev–Trinajstić information content (AvgIpc) is 2.37. The van der Waals surface area contributed by atoms with Crippen molar-refractivity contribution >= 4 is 12.4 Å². The van der Waals surface area contributed by atoms with E-state index < -0.39 is 18.6 Å². The normalized spacial score (nSPS) is 16.6. The molecule has 20 heavy (non-hydrogen) atoms. The first kappa shape index (κ1) is 17.0. The third-order valence-corrected chi connectivity index (χ3v) is 3.16. The van der Waals surface area contributed by atoms with Crippen LogP contribution in [0.2, 0.25) is 0 Å². The van der Waals surface area contributed by atoms with E-state index in [-0.39, 0.29) is 24.1 Å². The summed E-state index contributed by atoms with van der Waals surface area (Å²) in [6, 6.07) is 4.20. The average molecular weight is 314 g/mol. The Kier molecular flexibility index (Phi) is 6.07. The van der Waals surface area contributed by atoms with E-state index in [1.54, 1.807) is 6.07 Å². The number of piperidine rings is 1. The SMILES string of the molecule is Cl.Fc1cc(C2CCNCC2)ccc1OCC(F)(F)F. The molecule has 1 N–H and O–H groups in total. The number of alkyl halides is 3. The van der Waals surface area contributed by atoms with Crippen molar-refractivity contribution in [3.8, 4) is 5.75 Å². The van der Waals surface area contributed by atoms with Crippen LogP contribution in [0.3, 0.4) is 0 Å². The van der Waals surface area contributed by atoms with Gasteiger partial charge in [-0.3, -0.25) is 0 Å². The van der Waals surface area contributed by atoms with Crippen molar-refractivity contribution in [3.05, 3.63) is 29.6 Å². The Bertz CT molecular complexity index is 433. The van der Waals surface area contributed by atoms with Crippen LogP contribution in [0, 0.1) is 5.82 Å². The minimum atomic E-state index is -4.46. The third kappa shape index (κ3) is 4.83. The Hall–Kier alpha value is -1.01. The molecule has 1 aliphatic heterocycles. The zero-order valence-electron chi connectivity index (χ0n) is 10.7. The molecule has 1 fully saturated rings. The number of hydrogen-bond donors (Lipinski definition) is 1. The van der Waals surface area contributed by atoms with E-state index in [1.165, 1.54) is 12.1 Å². The molecule has 1 aromatic rings. The zero-order chi connectivity index (χ0) is 13.9. The topological polar surface area (TPSA) is 21.3 Å². The predicted molar refractivity (Wildman–Crippen MR) is 70.0 cm³/mol. The molecule has 0 unspecified atom stereocenters. The van der Waals surface area contributed by atoms with E-state index in [0.717, 1.165) is 31.5 Å². The lowest BCUT2D eigenvalue weighted by molar-refractivity contribution is -0.153. The molecule has 7 heteroatoms. The van der Waals surface area contributed by atoms with Crippen LogP contribution >= 0.6 is 12.4 Å². The van der Waals surface area contributed by atoms with Crippen LogP contribution in [-0.2, 0) is 0 Å². The quantitative estimate of drug-likeness (QED) is 0.860. The van der Waals surface area contributed by atoms with E-state index in [4.69, 9.17) is 0 Å². The van der Waals surface area contributed by atoms with Crippen LogP contribution in [-0.4, -0.2) is 25.9 Å². The summed E-state index contributed by atoms with van der Waals surface area (Å²) < 4.78 is 54.1. The first-order valence-corrected chi connectivity index (χ1v) is 6.15. The van der Waals surface area contributed by atoms with Gasteiger partial charge >= 0.3 is 6.18 Å². The lowest BCUT2D eigenvalue weighted by Gasteiger charge is -2.23. The highest BCUT2D eigenvalue weighted by Gasteiger charge is 2.29. The molecular formula is C13H16ClF4NO. The standard InChI is InChI=1S/C13H15F4NO.ClH/c14-11-7-10(9-3-5-18-6-4-9)1-2-12(11)19-8-13(15,16)17;/h1-2,7,9,18H,3-6,8H2;1H. The molecule has 1 aliphatic rings. The number of rotatable bonds is 3. The predicted octanol–water partition coefficient (Wildman–Crippen LogP) is 3.66. The van der Waals surface area contributed by atoms with Crippen molar-refractivity contribution in [2.24, 2.45) is 0 Å². The summed E-state index contributed by atoms with van der Waals surface area (Å²) in [4.78, 5) is 0. The molecule has 0 atom stereocenters. The van der Waals surface area contributed by atoms with Crippen LogP contribution in [0.1, 0.15) is 24.3 Å². The lowest BCUT2D eigenvalue weighted by atomic mass is 9.90. The van der Waals surface area contributed by atoms with E-state index in [0.29, 0.717) is 0 Å². The number of hydrogen-bond acceptors (Lipinski definition) is 2. The minimum absolute atomic E-state index is 0. The molecule has 0 amide bonds. The molecule has 114 valence electrons. The summed E-state index contributed by atoms with van der Waals surface area (Å²) in [5, 5.41) is 3.20. The maximum absolute atomic E-state index is 13.7. The fraction of sp³-hybridized carbons (Fsp3) is 0.538. The van der Waals surface area contributed by atoms with Crippen molar-refractivity contribution in [2.45, 2.75) is 24.9 Å². The van der Waals surface area contributed by atoms with Gasteiger partial charge in [-0.15, -0.1) is 12.4 Å².